The van der Waals surface area contributed by atoms with E-state index in [0.717, 1.165) is 5.92 Å². The largest absolute Gasteiger partial charge is 0.397 e. The van der Waals surface area contributed by atoms with Gasteiger partial charge in [-0.15, -0.1) is 0 Å². The molecule has 1 atom stereocenters. The summed E-state index contributed by atoms with van der Waals surface area (Å²) in [5.74, 6) is 0.952. The lowest BCUT2D eigenvalue weighted by molar-refractivity contribution is 0.283. The minimum Gasteiger partial charge on any atom is -0.303 e. The molecule has 1 fully saturated rings. The van der Waals surface area contributed by atoms with Gasteiger partial charge >= 0.3 is 10.4 Å². The SMILES string of the molecule is CCCCCCCCCCCCN1CCC(C)C1.CCOS(=O)(=O)O. The Kier molecular flexibility index (Phi) is 15.9. The maximum absolute atomic E-state index is 9.56. The second-order valence-corrected chi connectivity index (χ2v) is 8.30. The summed E-state index contributed by atoms with van der Waals surface area (Å²) in [4.78, 5) is 2.66. The van der Waals surface area contributed by atoms with E-state index in [-0.39, 0.29) is 6.61 Å². The minimum atomic E-state index is -4.17. The normalized spacial score (nSPS) is 18.2. The summed E-state index contributed by atoms with van der Waals surface area (Å²) in [5.41, 5.74) is 0. The van der Waals surface area contributed by atoms with Gasteiger partial charge in [0.2, 0.25) is 0 Å². The number of rotatable bonds is 13. The van der Waals surface area contributed by atoms with Crippen LogP contribution in [0.15, 0.2) is 0 Å². The average Bonchev–Trinajstić information content (AvgIpc) is 2.94. The van der Waals surface area contributed by atoms with Crippen LogP contribution < -0.4 is 0 Å². The number of nitrogens with zero attached hydrogens (tertiary/aromatic N) is 1. The van der Waals surface area contributed by atoms with Crippen LogP contribution in [0.4, 0.5) is 0 Å². The quantitative estimate of drug-likeness (QED) is 0.357. The standard InChI is InChI=1S/C17H35N.C2H6O4S/c1-3-4-5-6-7-8-9-10-11-12-14-18-15-13-17(2)16-18;1-2-6-7(3,4)5/h17H,3-16H2,1-2H3;2H2,1H3,(H,3,4,5). The third-order valence-corrected chi connectivity index (χ3v) is 5.14. The summed E-state index contributed by atoms with van der Waals surface area (Å²) >= 11 is 0. The molecule has 25 heavy (non-hydrogen) atoms. The fraction of sp³-hybridized carbons (Fsp3) is 1.00. The number of likely N-dealkylation sites (tertiary alicyclic amines) is 1. The predicted molar refractivity (Wildman–Crippen MR) is 105 cm³/mol. The van der Waals surface area contributed by atoms with E-state index in [4.69, 9.17) is 4.55 Å². The Morgan fingerprint density at radius 3 is 1.84 bits per heavy atom. The topological polar surface area (TPSA) is 66.8 Å². The fourth-order valence-corrected chi connectivity index (χ4v) is 3.50. The van der Waals surface area contributed by atoms with Gasteiger partial charge in [0.05, 0.1) is 6.61 Å². The highest BCUT2D eigenvalue weighted by molar-refractivity contribution is 7.80. The summed E-state index contributed by atoms with van der Waals surface area (Å²) < 4.78 is 30.7. The zero-order valence-electron chi connectivity index (χ0n) is 16.7. The first-order chi connectivity index (χ1) is 11.9. The smallest absolute Gasteiger partial charge is 0.303 e. The minimum absolute atomic E-state index is 0.0289. The molecular formula is C19H41NO4S. The van der Waals surface area contributed by atoms with Gasteiger partial charge in [-0.3, -0.25) is 4.55 Å². The maximum Gasteiger partial charge on any atom is 0.397 e. The van der Waals surface area contributed by atoms with E-state index in [2.05, 4.69) is 22.9 Å². The second-order valence-electron chi connectivity index (χ2n) is 7.21. The molecule has 152 valence electrons. The number of hydrogen-bond acceptors (Lipinski definition) is 4. The third kappa shape index (κ3) is 18.4. The molecule has 0 spiro atoms. The van der Waals surface area contributed by atoms with Gasteiger partial charge < -0.3 is 4.90 Å². The Labute approximate surface area is 156 Å². The van der Waals surface area contributed by atoms with Crippen LogP contribution in [0.5, 0.6) is 0 Å². The lowest BCUT2D eigenvalue weighted by Gasteiger charge is -2.14. The Hall–Kier alpha value is -0.170. The lowest BCUT2D eigenvalue weighted by Crippen LogP contribution is -2.21. The highest BCUT2D eigenvalue weighted by Crippen LogP contribution is 2.16. The molecule has 1 rings (SSSR count). The molecule has 0 aromatic heterocycles. The molecule has 0 aromatic carbocycles. The van der Waals surface area contributed by atoms with Gasteiger partial charge in [-0.05, 0) is 38.8 Å². The predicted octanol–water partition coefficient (Wildman–Crippen LogP) is 5.07. The van der Waals surface area contributed by atoms with Gasteiger partial charge in [0, 0.05) is 6.54 Å². The molecule has 5 nitrogen and oxygen atoms in total. The first-order valence-electron chi connectivity index (χ1n) is 10.2. The first-order valence-corrected chi connectivity index (χ1v) is 11.6. The van der Waals surface area contributed by atoms with E-state index in [1.54, 1.807) is 0 Å². The van der Waals surface area contributed by atoms with Crippen molar-refractivity contribution >= 4 is 10.4 Å². The van der Waals surface area contributed by atoms with Crippen molar-refractivity contribution in [3.05, 3.63) is 0 Å². The Morgan fingerprint density at radius 2 is 1.48 bits per heavy atom. The van der Waals surface area contributed by atoms with Crippen LogP contribution in [-0.4, -0.2) is 44.1 Å². The maximum atomic E-state index is 9.56. The Bertz CT molecular complexity index is 387. The average molecular weight is 380 g/mol. The van der Waals surface area contributed by atoms with Crippen LogP contribution >= 0.6 is 0 Å². The summed E-state index contributed by atoms with van der Waals surface area (Å²) in [5, 5.41) is 0. The van der Waals surface area contributed by atoms with Crippen molar-refractivity contribution in [2.45, 2.75) is 91.4 Å². The number of unbranched alkanes of at least 4 members (excludes halogenated alkanes) is 9. The lowest BCUT2D eigenvalue weighted by atomic mass is 10.1. The highest BCUT2D eigenvalue weighted by Gasteiger charge is 2.17. The molecule has 1 N–H and O–H groups in total. The molecule has 0 aliphatic carbocycles. The van der Waals surface area contributed by atoms with Crippen molar-refractivity contribution < 1.29 is 17.2 Å². The van der Waals surface area contributed by atoms with E-state index in [9.17, 15) is 8.42 Å². The van der Waals surface area contributed by atoms with Crippen molar-refractivity contribution in [3.63, 3.8) is 0 Å². The zero-order chi connectivity index (χ0) is 19.0. The third-order valence-electron chi connectivity index (χ3n) is 4.60. The molecule has 6 heteroatoms. The van der Waals surface area contributed by atoms with Crippen LogP contribution in [0.25, 0.3) is 0 Å². The van der Waals surface area contributed by atoms with Crippen molar-refractivity contribution in [1.29, 1.82) is 0 Å². The van der Waals surface area contributed by atoms with E-state index in [1.165, 1.54) is 97.2 Å². The van der Waals surface area contributed by atoms with Crippen molar-refractivity contribution in [2.75, 3.05) is 26.2 Å². The Morgan fingerprint density at radius 1 is 0.960 bits per heavy atom. The van der Waals surface area contributed by atoms with Gasteiger partial charge in [0.15, 0.2) is 0 Å². The summed E-state index contributed by atoms with van der Waals surface area (Å²) in [6.07, 6.45) is 16.0. The molecule has 1 saturated heterocycles. The fourth-order valence-electron chi connectivity index (χ4n) is 3.20. The van der Waals surface area contributed by atoms with Gasteiger partial charge in [0.25, 0.3) is 0 Å². The van der Waals surface area contributed by atoms with Crippen molar-refractivity contribution in [1.82, 2.24) is 4.90 Å². The van der Waals surface area contributed by atoms with Crippen molar-refractivity contribution in [3.8, 4) is 0 Å². The molecule has 0 radical (unpaired) electrons. The second kappa shape index (κ2) is 16.0. The monoisotopic (exact) mass is 379 g/mol. The molecule has 0 saturated carbocycles. The summed E-state index contributed by atoms with van der Waals surface area (Å²) in [6.45, 7) is 10.2. The number of hydrogen-bond donors (Lipinski definition) is 1. The van der Waals surface area contributed by atoms with E-state index < -0.39 is 10.4 Å². The molecule has 0 amide bonds. The van der Waals surface area contributed by atoms with Gasteiger partial charge in [-0.25, -0.2) is 4.18 Å². The van der Waals surface area contributed by atoms with Crippen LogP contribution in [-0.2, 0) is 14.6 Å². The van der Waals surface area contributed by atoms with Gasteiger partial charge in [0.1, 0.15) is 0 Å². The molecular weight excluding hydrogens is 338 g/mol. The molecule has 1 unspecified atom stereocenters. The molecule has 1 aliphatic heterocycles. The van der Waals surface area contributed by atoms with Gasteiger partial charge in [-0.1, -0.05) is 71.6 Å². The van der Waals surface area contributed by atoms with Crippen molar-refractivity contribution in [2.24, 2.45) is 5.92 Å². The molecule has 1 heterocycles. The summed E-state index contributed by atoms with van der Waals surface area (Å²) in [6, 6.07) is 0. The van der Waals surface area contributed by atoms with E-state index in [1.807, 2.05) is 0 Å². The van der Waals surface area contributed by atoms with E-state index in [0.29, 0.717) is 0 Å². The Balaban J connectivity index is 0.000000697. The van der Waals surface area contributed by atoms with E-state index >= 15 is 0 Å². The van der Waals surface area contributed by atoms with Crippen LogP contribution in [0.2, 0.25) is 0 Å². The zero-order valence-corrected chi connectivity index (χ0v) is 17.5. The molecule has 0 bridgehead atoms. The highest BCUT2D eigenvalue weighted by atomic mass is 32.3. The van der Waals surface area contributed by atoms with Crippen LogP contribution in [0, 0.1) is 5.92 Å². The van der Waals surface area contributed by atoms with Crippen LogP contribution in [0.1, 0.15) is 91.4 Å². The molecule has 1 aliphatic rings. The van der Waals surface area contributed by atoms with Crippen LogP contribution in [0.3, 0.4) is 0 Å². The van der Waals surface area contributed by atoms with Gasteiger partial charge in [-0.2, -0.15) is 8.42 Å². The summed E-state index contributed by atoms with van der Waals surface area (Å²) in [7, 11) is -4.17. The first kappa shape index (κ1) is 24.8. The molecule has 0 aromatic rings.